The number of nitrogens with zero attached hydrogens (tertiary/aromatic N) is 1. The van der Waals surface area contributed by atoms with Crippen molar-refractivity contribution in [3.8, 4) is 11.3 Å². The number of esters is 2. The number of ether oxygens (including phenoxy) is 2. The van der Waals surface area contributed by atoms with Crippen LogP contribution in [0.2, 0.25) is 0 Å². The van der Waals surface area contributed by atoms with E-state index in [0.29, 0.717) is 11.4 Å². The van der Waals surface area contributed by atoms with Crippen LogP contribution in [0.4, 0.5) is 0 Å². The molecule has 0 N–H and O–H groups in total. The highest BCUT2D eigenvalue weighted by Gasteiger charge is 2.24. The van der Waals surface area contributed by atoms with Gasteiger partial charge in [-0.3, -0.25) is 4.98 Å². The Balaban J connectivity index is 2.77. The van der Waals surface area contributed by atoms with E-state index in [1.165, 1.54) is 20.3 Å². The summed E-state index contributed by atoms with van der Waals surface area (Å²) in [5, 5.41) is 0. The number of benzene rings is 1. The standard InChI is InChI=1S/C16H15NO4/c1-10-9-12(15(18)20-2)13(16(19)21-3)14(17-10)11-7-5-4-6-8-11/h4-9H,1-3H3. The Morgan fingerprint density at radius 3 is 2.19 bits per heavy atom. The van der Waals surface area contributed by atoms with Gasteiger partial charge in [-0.15, -0.1) is 0 Å². The normalized spacial score (nSPS) is 10.0. The van der Waals surface area contributed by atoms with Crippen molar-refractivity contribution in [1.82, 2.24) is 4.98 Å². The summed E-state index contributed by atoms with van der Waals surface area (Å²) in [6.07, 6.45) is 0. The van der Waals surface area contributed by atoms with E-state index in [1.807, 2.05) is 30.3 Å². The lowest BCUT2D eigenvalue weighted by molar-refractivity contribution is 0.0555. The van der Waals surface area contributed by atoms with Crippen LogP contribution in [-0.4, -0.2) is 31.1 Å². The van der Waals surface area contributed by atoms with Gasteiger partial charge in [-0.25, -0.2) is 9.59 Å². The van der Waals surface area contributed by atoms with Gasteiger partial charge >= 0.3 is 11.9 Å². The molecule has 5 heteroatoms. The third-order valence-electron chi connectivity index (χ3n) is 2.99. The van der Waals surface area contributed by atoms with Crippen LogP contribution in [-0.2, 0) is 9.47 Å². The van der Waals surface area contributed by atoms with E-state index in [2.05, 4.69) is 4.98 Å². The van der Waals surface area contributed by atoms with Gasteiger partial charge in [0.25, 0.3) is 0 Å². The second kappa shape index (κ2) is 6.17. The lowest BCUT2D eigenvalue weighted by Gasteiger charge is -2.12. The molecule has 0 spiro atoms. The van der Waals surface area contributed by atoms with Crippen LogP contribution in [0.5, 0.6) is 0 Å². The first-order valence-electron chi connectivity index (χ1n) is 6.32. The van der Waals surface area contributed by atoms with E-state index >= 15 is 0 Å². The summed E-state index contributed by atoms with van der Waals surface area (Å²) in [6, 6.07) is 10.7. The molecule has 0 bridgehead atoms. The maximum absolute atomic E-state index is 12.1. The average Bonchev–Trinajstić information content (AvgIpc) is 2.53. The molecule has 21 heavy (non-hydrogen) atoms. The number of carbonyl (C=O) groups is 2. The minimum atomic E-state index is -0.623. The number of carbonyl (C=O) groups excluding carboxylic acids is 2. The molecule has 2 rings (SSSR count). The Hall–Kier alpha value is -2.69. The van der Waals surface area contributed by atoms with E-state index in [4.69, 9.17) is 9.47 Å². The number of hydrogen-bond donors (Lipinski definition) is 0. The highest BCUT2D eigenvalue weighted by Crippen LogP contribution is 2.26. The maximum Gasteiger partial charge on any atom is 0.340 e. The second-order valence-electron chi connectivity index (χ2n) is 4.38. The van der Waals surface area contributed by atoms with Crippen LogP contribution < -0.4 is 0 Å². The molecule has 1 heterocycles. The second-order valence-corrected chi connectivity index (χ2v) is 4.38. The van der Waals surface area contributed by atoms with Gasteiger partial charge in [0.1, 0.15) is 5.56 Å². The van der Waals surface area contributed by atoms with Gasteiger partial charge in [0.05, 0.1) is 25.5 Å². The summed E-state index contributed by atoms with van der Waals surface area (Å²) in [7, 11) is 2.53. The number of pyridine rings is 1. The van der Waals surface area contributed by atoms with E-state index in [-0.39, 0.29) is 11.1 Å². The van der Waals surface area contributed by atoms with Crippen molar-refractivity contribution in [1.29, 1.82) is 0 Å². The lowest BCUT2D eigenvalue weighted by Crippen LogP contribution is -2.15. The van der Waals surface area contributed by atoms with Crippen molar-refractivity contribution in [2.45, 2.75) is 6.92 Å². The van der Waals surface area contributed by atoms with Crippen molar-refractivity contribution in [3.63, 3.8) is 0 Å². The molecule has 0 saturated heterocycles. The topological polar surface area (TPSA) is 65.5 Å². The lowest BCUT2D eigenvalue weighted by atomic mass is 10.00. The molecule has 0 radical (unpaired) electrons. The summed E-state index contributed by atoms with van der Waals surface area (Å²) in [6.45, 7) is 1.75. The van der Waals surface area contributed by atoms with Gasteiger partial charge in [0.2, 0.25) is 0 Å². The number of rotatable bonds is 3. The largest absolute Gasteiger partial charge is 0.465 e. The fourth-order valence-corrected chi connectivity index (χ4v) is 2.06. The Labute approximate surface area is 122 Å². The van der Waals surface area contributed by atoms with Crippen molar-refractivity contribution in [2.75, 3.05) is 14.2 Å². The van der Waals surface area contributed by atoms with Crippen molar-refractivity contribution in [3.05, 3.63) is 53.2 Å². The summed E-state index contributed by atoms with van der Waals surface area (Å²) >= 11 is 0. The van der Waals surface area contributed by atoms with Gasteiger partial charge in [0, 0.05) is 11.3 Å². The zero-order valence-electron chi connectivity index (χ0n) is 12.0. The molecule has 0 aliphatic rings. The first-order valence-corrected chi connectivity index (χ1v) is 6.32. The molecule has 0 aliphatic heterocycles. The smallest absolute Gasteiger partial charge is 0.340 e. The molecule has 0 amide bonds. The third kappa shape index (κ3) is 2.91. The molecular formula is C16H15NO4. The average molecular weight is 285 g/mol. The predicted molar refractivity (Wildman–Crippen MR) is 77.1 cm³/mol. The van der Waals surface area contributed by atoms with E-state index in [1.54, 1.807) is 6.92 Å². The van der Waals surface area contributed by atoms with E-state index in [0.717, 1.165) is 5.56 Å². The minimum Gasteiger partial charge on any atom is -0.465 e. The molecule has 0 aliphatic carbocycles. The molecule has 0 unspecified atom stereocenters. The number of aryl methyl sites for hydroxylation is 1. The zero-order chi connectivity index (χ0) is 15.4. The monoisotopic (exact) mass is 285 g/mol. The fourth-order valence-electron chi connectivity index (χ4n) is 2.06. The molecule has 108 valence electrons. The summed E-state index contributed by atoms with van der Waals surface area (Å²) < 4.78 is 9.53. The molecular weight excluding hydrogens is 270 g/mol. The summed E-state index contributed by atoms with van der Waals surface area (Å²) in [5.74, 6) is -1.22. The van der Waals surface area contributed by atoms with Crippen LogP contribution >= 0.6 is 0 Å². The molecule has 1 aromatic heterocycles. The van der Waals surface area contributed by atoms with E-state index < -0.39 is 11.9 Å². The van der Waals surface area contributed by atoms with Crippen LogP contribution in [0.1, 0.15) is 26.4 Å². The molecule has 5 nitrogen and oxygen atoms in total. The van der Waals surface area contributed by atoms with Crippen molar-refractivity contribution < 1.29 is 19.1 Å². The third-order valence-corrected chi connectivity index (χ3v) is 2.99. The quantitative estimate of drug-likeness (QED) is 0.811. The molecule has 0 atom stereocenters. The Morgan fingerprint density at radius 1 is 1.00 bits per heavy atom. The van der Waals surface area contributed by atoms with Gasteiger partial charge in [-0.05, 0) is 13.0 Å². The van der Waals surface area contributed by atoms with Gasteiger partial charge < -0.3 is 9.47 Å². The molecule has 0 fully saturated rings. The highest BCUT2D eigenvalue weighted by molar-refractivity contribution is 6.07. The predicted octanol–water partition coefficient (Wildman–Crippen LogP) is 2.63. The molecule has 0 saturated carbocycles. The Kier molecular flexibility index (Phi) is 4.33. The fraction of sp³-hybridized carbons (Fsp3) is 0.188. The van der Waals surface area contributed by atoms with Gasteiger partial charge in [0.15, 0.2) is 0 Å². The SMILES string of the molecule is COC(=O)c1cc(C)nc(-c2ccccc2)c1C(=O)OC. The van der Waals surface area contributed by atoms with Gasteiger partial charge in [-0.2, -0.15) is 0 Å². The van der Waals surface area contributed by atoms with Crippen LogP contribution in [0.15, 0.2) is 36.4 Å². The van der Waals surface area contributed by atoms with E-state index in [9.17, 15) is 9.59 Å². The first kappa shape index (κ1) is 14.7. The number of hydrogen-bond acceptors (Lipinski definition) is 5. The van der Waals surface area contributed by atoms with Crippen molar-refractivity contribution >= 4 is 11.9 Å². The van der Waals surface area contributed by atoms with Crippen molar-refractivity contribution in [2.24, 2.45) is 0 Å². The Bertz CT molecular complexity index is 680. The Morgan fingerprint density at radius 2 is 1.62 bits per heavy atom. The maximum atomic E-state index is 12.1. The van der Waals surface area contributed by atoms with Crippen LogP contribution in [0, 0.1) is 6.92 Å². The molecule has 1 aromatic carbocycles. The molecule has 2 aromatic rings. The first-order chi connectivity index (χ1) is 10.1. The summed E-state index contributed by atoms with van der Waals surface area (Å²) in [5.41, 5.74) is 2.01. The number of aromatic nitrogens is 1. The van der Waals surface area contributed by atoms with Gasteiger partial charge in [-0.1, -0.05) is 30.3 Å². The summed E-state index contributed by atoms with van der Waals surface area (Å²) in [4.78, 5) is 28.4. The zero-order valence-corrected chi connectivity index (χ0v) is 12.0. The minimum absolute atomic E-state index is 0.112. The highest BCUT2D eigenvalue weighted by atomic mass is 16.5. The number of methoxy groups -OCH3 is 2. The van der Waals surface area contributed by atoms with Crippen LogP contribution in [0.3, 0.4) is 0 Å². The van der Waals surface area contributed by atoms with Crippen LogP contribution in [0.25, 0.3) is 11.3 Å².